The first kappa shape index (κ1) is 17.7. The Morgan fingerprint density at radius 1 is 1.21 bits per heavy atom. The zero-order valence-corrected chi connectivity index (χ0v) is 16.0. The van der Waals surface area contributed by atoms with Crippen molar-refractivity contribution in [3.05, 3.63) is 36.0 Å². The van der Waals surface area contributed by atoms with Crippen molar-refractivity contribution in [2.24, 2.45) is 5.92 Å². The topological polar surface area (TPSA) is 97.5 Å². The molecule has 3 aliphatic heterocycles. The maximum Gasteiger partial charge on any atom is 0.274 e. The van der Waals surface area contributed by atoms with Crippen LogP contribution in [0.1, 0.15) is 35.0 Å². The predicted molar refractivity (Wildman–Crippen MR) is 97.6 cm³/mol. The molecule has 2 aromatic heterocycles. The molecule has 0 aliphatic carbocycles. The SMILES string of the molecule is Cc1noc([C@]23CN(C(=O)c4cnccn4)C[C@H]2CN(C2CCOCC2)C3)n1. The summed E-state index contributed by atoms with van der Waals surface area (Å²) < 4.78 is 11.2. The third kappa shape index (κ3) is 2.89. The van der Waals surface area contributed by atoms with E-state index in [0.29, 0.717) is 36.5 Å². The van der Waals surface area contributed by atoms with E-state index in [1.54, 1.807) is 12.4 Å². The molecule has 3 fully saturated rings. The van der Waals surface area contributed by atoms with E-state index in [1.807, 2.05) is 11.8 Å². The Hall–Kier alpha value is -2.39. The lowest BCUT2D eigenvalue weighted by Gasteiger charge is -2.33. The summed E-state index contributed by atoms with van der Waals surface area (Å²) in [5, 5.41) is 4.03. The van der Waals surface area contributed by atoms with Crippen molar-refractivity contribution in [2.45, 2.75) is 31.2 Å². The number of carbonyl (C=O) groups excluding carboxylic acids is 1. The van der Waals surface area contributed by atoms with Gasteiger partial charge in [-0.1, -0.05) is 5.16 Å². The minimum Gasteiger partial charge on any atom is -0.381 e. The van der Waals surface area contributed by atoms with Crippen molar-refractivity contribution in [1.29, 1.82) is 0 Å². The van der Waals surface area contributed by atoms with Crippen LogP contribution in [0.2, 0.25) is 0 Å². The van der Waals surface area contributed by atoms with E-state index in [0.717, 1.165) is 39.1 Å². The number of aromatic nitrogens is 4. The molecule has 5 rings (SSSR count). The molecule has 28 heavy (non-hydrogen) atoms. The Labute approximate surface area is 163 Å². The van der Waals surface area contributed by atoms with Gasteiger partial charge in [0.15, 0.2) is 5.82 Å². The molecule has 3 aliphatic rings. The van der Waals surface area contributed by atoms with Crippen molar-refractivity contribution in [1.82, 2.24) is 29.9 Å². The van der Waals surface area contributed by atoms with E-state index in [2.05, 4.69) is 25.0 Å². The van der Waals surface area contributed by atoms with Crippen LogP contribution in [0, 0.1) is 12.8 Å². The summed E-state index contributed by atoms with van der Waals surface area (Å²) >= 11 is 0. The highest BCUT2D eigenvalue weighted by atomic mass is 16.5. The smallest absolute Gasteiger partial charge is 0.274 e. The van der Waals surface area contributed by atoms with Crippen molar-refractivity contribution < 1.29 is 14.1 Å². The zero-order chi connectivity index (χ0) is 19.1. The summed E-state index contributed by atoms with van der Waals surface area (Å²) in [5.74, 6) is 1.46. The lowest BCUT2D eigenvalue weighted by atomic mass is 9.81. The third-order valence-corrected chi connectivity index (χ3v) is 6.37. The van der Waals surface area contributed by atoms with Crippen LogP contribution in [0.5, 0.6) is 0 Å². The first-order chi connectivity index (χ1) is 13.7. The average Bonchev–Trinajstić information content (AvgIpc) is 3.41. The molecule has 0 N–H and O–H groups in total. The van der Waals surface area contributed by atoms with E-state index < -0.39 is 0 Å². The number of nitrogens with zero attached hydrogens (tertiary/aromatic N) is 6. The number of hydrogen-bond donors (Lipinski definition) is 0. The summed E-state index contributed by atoms with van der Waals surface area (Å²) in [4.78, 5) is 30.2. The van der Waals surface area contributed by atoms with Crippen LogP contribution in [0.4, 0.5) is 0 Å². The van der Waals surface area contributed by atoms with Crippen molar-refractivity contribution in [3.63, 3.8) is 0 Å². The molecule has 0 saturated carbocycles. The molecular formula is C19H24N6O3. The number of aryl methyl sites for hydroxylation is 1. The summed E-state index contributed by atoms with van der Waals surface area (Å²) in [5.41, 5.74) is 0.0536. The molecule has 0 aromatic carbocycles. The van der Waals surface area contributed by atoms with Gasteiger partial charge in [0, 0.05) is 63.7 Å². The average molecular weight is 384 g/mol. The highest BCUT2D eigenvalue weighted by Crippen LogP contribution is 2.45. The summed E-state index contributed by atoms with van der Waals surface area (Å²) in [7, 11) is 0. The number of carbonyl (C=O) groups is 1. The van der Waals surface area contributed by atoms with Gasteiger partial charge < -0.3 is 14.2 Å². The van der Waals surface area contributed by atoms with E-state index >= 15 is 0 Å². The molecule has 9 heteroatoms. The maximum atomic E-state index is 13.0. The lowest BCUT2D eigenvalue weighted by molar-refractivity contribution is 0.0368. The van der Waals surface area contributed by atoms with Gasteiger partial charge in [0.1, 0.15) is 5.69 Å². The lowest BCUT2D eigenvalue weighted by Crippen LogP contribution is -2.44. The molecule has 0 spiro atoms. The van der Waals surface area contributed by atoms with E-state index in [9.17, 15) is 4.79 Å². The van der Waals surface area contributed by atoms with E-state index in [4.69, 9.17) is 9.26 Å². The standard InChI is InChI=1S/C19H24N6O3/c1-13-22-18(28-23-13)19-11-24(15-2-6-27-7-3-15)9-14(19)10-25(12-19)17(26)16-8-20-4-5-21-16/h4-5,8,14-15H,2-3,6-7,9-12H2,1H3/t14-,19-/m1/s1. The van der Waals surface area contributed by atoms with Gasteiger partial charge in [0.05, 0.1) is 11.6 Å². The first-order valence-electron chi connectivity index (χ1n) is 9.83. The van der Waals surface area contributed by atoms with Crippen LogP contribution in [0.25, 0.3) is 0 Å². The predicted octanol–water partition coefficient (Wildman–Crippen LogP) is 0.673. The highest BCUT2D eigenvalue weighted by Gasteiger charge is 2.58. The fraction of sp³-hybridized carbons (Fsp3) is 0.632. The van der Waals surface area contributed by atoms with Crippen LogP contribution in [-0.4, -0.2) is 81.3 Å². The van der Waals surface area contributed by atoms with Gasteiger partial charge in [-0.2, -0.15) is 4.98 Å². The molecule has 3 saturated heterocycles. The molecule has 0 bridgehead atoms. The second kappa shape index (κ2) is 6.89. The quantitative estimate of drug-likeness (QED) is 0.762. The molecule has 2 atom stereocenters. The zero-order valence-electron chi connectivity index (χ0n) is 16.0. The Balaban J connectivity index is 1.42. The molecule has 2 aromatic rings. The van der Waals surface area contributed by atoms with Crippen LogP contribution < -0.4 is 0 Å². The van der Waals surface area contributed by atoms with Crippen LogP contribution in [-0.2, 0) is 10.2 Å². The van der Waals surface area contributed by atoms with Crippen molar-refractivity contribution in [3.8, 4) is 0 Å². The fourth-order valence-electron chi connectivity index (χ4n) is 4.96. The maximum absolute atomic E-state index is 13.0. The van der Waals surface area contributed by atoms with Crippen molar-refractivity contribution in [2.75, 3.05) is 39.4 Å². The van der Waals surface area contributed by atoms with Gasteiger partial charge in [-0.25, -0.2) is 4.98 Å². The monoisotopic (exact) mass is 384 g/mol. The van der Waals surface area contributed by atoms with Gasteiger partial charge in [0.25, 0.3) is 5.91 Å². The van der Waals surface area contributed by atoms with Crippen molar-refractivity contribution >= 4 is 5.91 Å². The fourth-order valence-corrected chi connectivity index (χ4v) is 4.96. The minimum atomic E-state index is -0.322. The Morgan fingerprint density at radius 2 is 2.07 bits per heavy atom. The normalized spacial score (nSPS) is 28.6. The van der Waals surface area contributed by atoms with Gasteiger partial charge >= 0.3 is 0 Å². The van der Waals surface area contributed by atoms with Gasteiger partial charge in [-0.3, -0.25) is 14.7 Å². The molecular weight excluding hydrogens is 360 g/mol. The summed E-state index contributed by atoms with van der Waals surface area (Å²) in [6, 6.07) is 0.518. The minimum absolute atomic E-state index is 0.0873. The van der Waals surface area contributed by atoms with Crippen LogP contribution in [0.15, 0.2) is 23.1 Å². The molecule has 0 unspecified atom stereocenters. The number of amides is 1. The first-order valence-corrected chi connectivity index (χ1v) is 9.83. The van der Waals surface area contributed by atoms with E-state index in [-0.39, 0.29) is 17.2 Å². The number of ether oxygens (including phenoxy) is 1. The summed E-state index contributed by atoms with van der Waals surface area (Å²) in [6.07, 6.45) is 6.74. The van der Waals surface area contributed by atoms with Gasteiger partial charge in [0.2, 0.25) is 5.89 Å². The highest BCUT2D eigenvalue weighted by molar-refractivity contribution is 5.92. The van der Waals surface area contributed by atoms with Gasteiger partial charge in [-0.15, -0.1) is 0 Å². The van der Waals surface area contributed by atoms with Gasteiger partial charge in [-0.05, 0) is 19.8 Å². The largest absolute Gasteiger partial charge is 0.381 e. The molecule has 5 heterocycles. The Bertz CT molecular complexity index is 852. The Morgan fingerprint density at radius 3 is 2.79 bits per heavy atom. The second-order valence-corrected chi connectivity index (χ2v) is 8.05. The molecule has 9 nitrogen and oxygen atoms in total. The third-order valence-electron chi connectivity index (χ3n) is 6.37. The van der Waals surface area contributed by atoms with E-state index in [1.165, 1.54) is 6.20 Å². The number of fused-ring (bicyclic) bond motifs is 1. The number of likely N-dealkylation sites (tertiary alicyclic amines) is 2. The second-order valence-electron chi connectivity index (χ2n) is 8.05. The summed E-state index contributed by atoms with van der Waals surface area (Å²) in [6.45, 7) is 6.45. The molecule has 0 radical (unpaired) electrons. The Kier molecular flexibility index (Phi) is 4.36. The van der Waals surface area contributed by atoms with Crippen LogP contribution in [0.3, 0.4) is 0 Å². The molecule has 148 valence electrons. The molecule has 1 amide bonds. The van der Waals surface area contributed by atoms with Crippen LogP contribution >= 0.6 is 0 Å². The number of rotatable bonds is 3. The number of hydrogen-bond acceptors (Lipinski definition) is 8.